The van der Waals surface area contributed by atoms with Crippen LogP contribution in [0.4, 0.5) is 24.8 Å². The van der Waals surface area contributed by atoms with Gasteiger partial charge in [-0.1, -0.05) is 0 Å². The Labute approximate surface area is 122 Å². The average Bonchev–Trinajstić information content (AvgIpc) is 2.91. The molecular weight excluding hydrogens is 283 g/mol. The molecule has 1 aromatic heterocycles. The van der Waals surface area contributed by atoms with Gasteiger partial charge in [0.1, 0.15) is 11.6 Å². The summed E-state index contributed by atoms with van der Waals surface area (Å²) in [4.78, 5) is 9.31. The summed E-state index contributed by atoms with van der Waals surface area (Å²) in [5.41, 5.74) is 0. The Morgan fingerprint density at radius 2 is 1.76 bits per heavy atom. The molecule has 2 N–H and O–H groups in total. The van der Waals surface area contributed by atoms with E-state index < -0.39 is 12.0 Å². The molecule has 0 aromatic carbocycles. The monoisotopic (exact) mass is 303 g/mol. The number of aromatic nitrogens is 2. The van der Waals surface area contributed by atoms with E-state index in [2.05, 4.69) is 25.5 Å². The van der Waals surface area contributed by atoms with Crippen molar-refractivity contribution in [2.45, 2.75) is 25.9 Å². The summed E-state index contributed by atoms with van der Waals surface area (Å²) in [5, 5.41) is 5.74. The molecule has 0 saturated carbocycles. The lowest BCUT2D eigenvalue weighted by Crippen LogP contribution is -2.26. The Bertz CT molecular complexity index is 458. The first kappa shape index (κ1) is 15.8. The van der Waals surface area contributed by atoms with Crippen molar-refractivity contribution < 1.29 is 13.2 Å². The van der Waals surface area contributed by atoms with Crippen molar-refractivity contribution in [1.82, 2.24) is 14.9 Å². The Morgan fingerprint density at radius 3 is 2.33 bits per heavy atom. The van der Waals surface area contributed by atoms with Gasteiger partial charge in [-0.3, -0.25) is 0 Å². The van der Waals surface area contributed by atoms with Crippen LogP contribution in [-0.2, 0) is 6.18 Å². The quantitative estimate of drug-likeness (QED) is 0.845. The van der Waals surface area contributed by atoms with Crippen molar-refractivity contribution in [1.29, 1.82) is 0 Å². The molecule has 2 heterocycles. The molecule has 118 valence electrons. The van der Waals surface area contributed by atoms with Crippen LogP contribution < -0.4 is 10.6 Å². The van der Waals surface area contributed by atoms with Gasteiger partial charge in [-0.2, -0.15) is 13.2 Å². The van der Waals surface area contributed by atoms with E-state index in [1.165, 1.54) is 18.9 Å². The highest BCUT2D eigenvalue weighted by Gasteiger charge is 2.35. The highest BCUT2D eigenvalue weighted by atomic mass is 19.4. The Balaban J connectivity index is 2.00. The van der Waals surface area contributed by atoms with Gasteiger partial charge < -0.3 is 15.5 Å². The van der Waals surface area contributed by atoms with Crippen molar-refractivity contribution in [2.24, 2.45) is 0 Å². The zero-order valence-electron chi connectivity index (χ0n) is 12.0. The number of anilines is 2. The normalized spacial score (nSPS) is 16.2. The van der Waals surface area contributed by atoms with Gasteiger partial charge in [-0.25, -0.2) is 9.97 Å². The number of rotatable bonds is 6. The third-order valence-electron chi connectivity index (χ3n) is 3.27. The molecule has 0 radical (unpaired) electrons. The van der Waals surface area contributed by atoms with Crippen molar-refractivity contribution in [3.05, 3.63) is 11.9 Å². The number of likely N-dealkylation sites (tertiary alicyclic amines) is 1. The fourth-order valence-electron chi connectivity index (χ4n) is 2.28. The molecule has 1 saturated heterocycles. The predicted octanol–water partition coefficient (Wildman–Crippen LogP) is 2.43. The summed E-state index contributed by atoms with van der Waals surface area (Å²) >= 11 is 0. The minimum absolute atomic E-state index is 0.184. The van der Waals surface area contributed by atoms with Gasteiger partial charge >= 0.3 is 6.18 Å². The molecule has 1 aliphatic rings. The van der Waals surface area contributed by atoms with Crippen LogP contribution in [0.1, 0.15) is 25.6 Å². The number of alkyl halides is 3. The maximum Gasteiger partial charge on any atom is 0.451 e. The van der Waals surface area contributed by atoms with E-state index >= 15 is 0 Å². The summed E-state index contributed by atoms with van der Waals surface area (Å²) in [6, 6.07) is 1.50. The zero-order valence-corrected chi connectivity index (χ0v) is 12.0. The minimum Gasteiger partial charge on any atom is -0.370 e. The first-order valence-corrected chi connectivity index (χ1v) is 7.15. The number of halogens is 3. The van der Waals surface area contributed by atoms with E-state index in [0.29, 0.717) is 13.1 Å². The predicted molar refractivity (Wildman–Crippen MR) is 75.4 cm³/mol. The van der Waals surface area contributed by atoms with Crippen molar-refractivity contribution in [3.8, 4) is 0 Å². The molecule has 0 spiro atoms. The lowest BCUT2D eigenvalue weighted by atomic mass is 10.4. The van der Waals surface area contributed by atoms with E-state index in [1.807, 2.05) is 0 Å². The molecule has 0 aliphatic carbocycles. The zero-order chi connectivity index (χ0) is 15.3. The van der Waals surface area contributed by atoms with Gasteiger partial charge in [0.25, 0.3) is 0 Å². The molecule has 0 atom stereocenters. The summed E-state index contributed by atoms with van der Waals surface area (Å²) < 4.78 is 38.3. The van der Waals surface area contributed by atoms with Crippen LogP contribution in [0.2, 0.25) is 0 Å². The first-order chi connectivity index (χ1) is 9.99. The van der Waals surface area contributed by atoms with E-state index in [-0.39, 0.29) is 11.6 Å². The van der Waals surface area contributed by atoms with Gasteiger partial charge in [0.05, 0.1) is 0 Å². The second-order valence-electron chi connectivity index (χ2n) is 4.97. The summed E-state index contributed by atoms with van der Waals surface area (Å²) in [7, 11) is 0. The first-order valence-electron chi connectivity index (χ1n) is 7.15. The highest BCUT2D eigenvalue weighted by molar-refractivity contribution is 5.47. The molecule has 1 fully saturated rings. The SMILES string of the molecule is CCNc1cc(NCCN2CCCC2)nc(C(F)(F)F)n1. The number of hydrogen-bond acceptors (Lipinski definition) is 5. The van der Waals surface area contributed by atoms with Gasteiger partial charge in [0, 0.05) is 25.7 Å². The Hall–Kier alpha value is -1.57. The van der Waals surface area contributed by atoms with Crippen LogP contribution in [-0.4, -0.2) is 47.6 Å². The largest absolute Gasteiger partial charge is 0.451 e. The Morgan fingerprint density at radius 1 is 1.14 bits per heavy atom. The molecular formula is C13H20F3N5. The van der Waals surface area contributed by atoms with Crippen LogP contribution in [0, 0.1) is 0 Å². The van der Waals surface area contributed by atoms with Crippen LogP contribution in [0.5, 0.6) is 0 Å². The van der Waals surface area contributed by atoms with Gasteiger partial charge in [-0.15, -0.1) is 0 Å². The molecule has 1 aliphatic heterocycles. The minimum atomic E-state index is -4.54. The number of nitrogens with zero attached hydrogens (tertiary/aromatic N) is 3. The van der Waals surface area contributed by atoms with Crippen molar-refractivity contribution in [3.63, 3.8) is 0 Å². The molecule has 5 nitrogen and oxygen atoms in total. The second-order valence-corrected chi connectivity index (χ2v) is 4.97. The van der Waals surface area contributed by atoms with E-state index in [9.17, 15) is 13.2 Å². The fourth-order valence-corrected chi connectivity index (χ4v) is 2.28. The van der Waals surface area contributed by atoms with Crippen LogP contribution in [0.15, 0.2) is 6.07 Å². The summed E-state index contributed by atoms with van der Waals surface area (Å²) in [6.45, 7) is 5.79. The van der Waals surface area contributed by atoms with Crippen LogP contribution in [0.25, 0.3) is 0 Å². The molecule has 0 amide bonds. The summed E-state index contributed by atoms with van der Waals surface area (Å²) in [5.74, 6) is -0.736. The van der Waals surface area contributed by atoms with Gasteiger partial charge in [-0.05, 0) is 32.9 Å². The van der Waals surface area contributed by atoms with Gasteiger partial charge in [0.15, 0.2) is 0 Å². The fraction of sp³-hybridized carbons (Fsp3) is 0.692. The number of nitrogens with one attached hydrogen (secondary N) is 2. The lowest BCUT2D eigenvalue weighted by molar-refractivity contribution is -0.144. The molecule has 2 rings (SSSR count). The van der Waals surface area contributed by atoms with Gasteiger partial charge in [0.2, 0.25) is 5.82 Å². The van der Waals surface area contributed by atoms with E-state index in [4.69, 9.17) is 0 Å². The third kappa shape index (κ3) is 4.73. The van der Waals surface area contributed by atoms with Crippen molar-refractivity contribution >= 4 is 11.6 Å². The van der Waals surface area contributed by atoms with Crippen LogP contribution >= 0.6 is 0 Å². The third-order valence-corrected chi connectivity index (χ3v) is 3.27. The van der Waals surface area contributed by atoms with E-state index in [0.717, 1.165) is 19.6 Å². The number of hydrogen-bond donors (Lipinski definition) is 2. The highest BCUT2D eigenvalue weighted by Crippen LogP contribution is 2.28. The second kappa shape index (κ2) is 6.93. The topological polar surface area (TPSA) is 53.1 Å². The maximum atomic E-state index is 12.8. The molecule has 0 bridgehead atoms. The molecule has 21 heavy (non-hydrogen) atoms. The maximum absolute atomic E-state index is 12.8. The molecule has 0 unspecified atom stereocenters. The summed E-state index contributed by atoms with van der Waals surface area (Å²) in [6.07, 6.45) is -2.16. The average molecular weight is 303 g/mol. The smallest absolute Gasteiger partial charge is 0.370 e. The lowest BCUT2D eigenvalue weighted by Gasteiger charge is -2.16. The van der Waals surface area contributed by atoms with Crippen LogP contribution in [0.3, 0.4) is 0 Å². The molecule has 8 heteroatoms. The van der Waals surface area contributed by atoms with Crippen molar-refractivity contribution in [2.75, 3.05) is 43.4 Å². The van der Waals surface area contributed by atoms with E-state index in [1.54, 1.807) is 6.92 Å². The standard InChI is InChI=1S/C13H20F3N5/c1-2-17-10-9-11(20-12(19-10)13(14,15)16)18-5-8-21-6-3-4-7-21/h9H,2-8H2,1H3,(H2,17,18,19,20). The Kier molecular flexibility index (Phi) is 5.22. The molecule has 1 aromatic rings.